The second kappa shape index (κ2) is 10.6. The highest BCUT2D eigenvalue weighted by Crippen LogP contribution is 2.40. The van der Waals surface area contributed by atoms with Gasteiger partial charge in [0.25, 0.3) is 5.91 Å². The smallest absolute Gasteiger partial charge is 0.267 e. The van der Waals surface area contributed by atoms with E-state index in [1.807, 2.05) is 59.5 Å². The number of nitriles is 1. The Morgan fingerprint density at radius 2 is 1.97 bits per heavy atom. The number of carbonyl (C=O) groups excluding carboxylic acids is 1. The largest absolute Gasteiger partial charge is 0.493 e. The molecule has 2 atom stereocenters. The molecular formula is C26H27N3O3S. The van der Waals surface area contributed by atoms with Crippen LogP contribution in [0.3, 0.4) is 0 Å². The van der Waals surface area contributed by atoms with Gasteiger partial charge in [-0.15, -0.1) is 0 Å². The van der Waals surface area contributed by atoms with Gasteiger partial charge in [-0.1, -0.05) is 44.0 Å². The van der Waals surface area contributed by atoms with E-state index in [2.05, 4.69) is 6.92 Å². The summed E-state index contributed by atoms with van der Waals surface area (Å²) in [5.74, 6) is 1.44. The van der Waals surface area contributed by atoms with Crippen molar-refractivity contribution in [3.05, 3.63) is 59.0 Å². The van der Waals surface area contributed by atoms with Crippen molar-refractivity contribution >= 4 is 34.6 Å². The third kappa shape index (κ3) is 5.23. The number of para-hydroxylation sites is 1. The van der Waals surface area contributed by atoms with Crippen molar-refractivity contribution < 1.29 is 14.3 Å². The van der Waals surface area contributed by atoms with E-state index in [0.29, 0.717) is 22.3 Å². The average Bonchev–Trinajstić information content (AvgIpc) is 3.13. The van der Waals surface area contributed by atoms with Gasteiger partial charge < -0.3 is 9.47 Å². The Kier molecular flexibility index (Phi) is 7.36. The van der Waals surface area contributed by atoms with Crippen LogP contribution in [0.5, 0.6) is 11.5 Å². The Hall–Kier alpha value is -3.24. The number of amidine groups is 1. The van der Waals surface area contributed by atoms with Crippen LogP contribution in [0.15, 0.2) is 58.4 Å². The van der Waals surface area contributed by atoms with Crippen LogP contribution < -0.4 is 9.47 Å². The number of hydrogen-bond acceptors (Lipinski definition) is 6. The van der Waals surface area contributed by atoms with Crippen LogP contribution in [0.2, 0.25) is 0 Å². The van der Waals surface area contributed by atoms with Gasteiger partial charge in [0, 0.05) is 6.04 Å². The molecule has 7 heteroatoms. The number of hydrogen-bond donors (Lipinski definition) is 0. The molecule has 1 saturated heterocycles. The summed E-state index contributed by atoms with van der Waals surface area (Å²) in [7, 11) is 1.55. The van der Waals surface area contributed by atoms with Gasteiger partial charge in [-0.05, 0) is 66.4 Å². The Morgan fingerprint density at radius 3 is 2.70 bits per heavy atom. The van der Waals surface area contributed by atoms with Crippen LogP contribution in [0.1, 0.15) is 38.2 Å². The summed E-state index contributed by atoms with van der Waals surface area (Å²) in [6, 6.07) is 17.3. The molecule has 1 aliphatic heterocycles. The molecule has 0 N–H and O–H groups in total. The molecule has 1 saturated carbocycles. The standard InChI is InChI=1S/C26H27N3O3S/c1-18-8-6-7-11-21(18)29-25(30)24(33-26(29)28-20-9-4-3-5-10-20)17-19-12-13-22(32-15-14-27)23(16-19)31-2/h3-5,9-10,12-13,16-18,21H,6-8,11,15H2,1-2H3/b24-17-,28-26?/t18-,21+/m0/s1. The van der Waals surface area contributed by atoms with E-state index in [0.717, 1.165) is 35.7 Å². The predicted octanol–water partition coefficient (Wildman–Crippen LogP) is 5.78. The SMILES string of the molecule is COc1cc(/C=C2\SC(=Nc3ccccc3)N([C@@H]3CCCC[C@@H]3C)C2=O)ccc1OCC#N. The Balaban J connectivity index is 1.68. The molecule has 1 heterocycles. The minimum absolute atomic E-state index is 0.00259. The monoisotopic (exact) mass is 461 g/mol. The molecule has 0 bridgehead atoms. The maximum Gasteiger partial charge on any atom is 0.267 e. The Morgan fingerprint density at radius 1 is 1.18 bits per heavy atom. The maximum atomic E-state index is 13.6. The van der Waals surface area contributed by atoms with Crippen LogP contribution in [0.25, 0.3) is 6.08 Å². The summed E-state index contributed by atoms with van der Waals surface area (Å²) in [6.45, 7) is 2.17. The molecule has 0 radical (unpaired) electrons. The number of ether oxygens (including phenoxy) is 2. The second-order valence-electron chi connectivity index (χ2n) is 8.20. The van der Waals surface area contributed by atoms with Gasteiger partial charge in [-0.2, -0.15) is 5.26 Å². The lowest BCUT2D eigenvalue weighted by atomic mass is 9.85. The molecule has 0 spiro atoms. The lowest BCUT2D eigenvalue weighted by Crippen LogP contribution is -2.44. The molecule has 2 aliphatic rings. The second-order valence-corrected chi connectivity index (χ2v) is 9.21. The lowest BCUT2D eigenvalue weighted by molar-refractivity contribution is -0.124. The summed E-state index contributed by atoms with van der Waals surface area (Å²) in [5.41, 5.74) is 1.66. The number of rotatable bonds is 6. The first-order valence-electron chi connectivity index (χ1n) is 11.2. The van der Waals surface area contributed by atoms with Gasteiger partial charge >= 0.3 is 0 Å². The quantitative estimate of drug-likeness (QED) is 0.510. The zero-order chi connectivity index (χ0) is 23.2. The van der Waals surface area contributed by atoms with Crippen molar-refractivity contribution in [2.75, 3.05) is 13.7 Å². The number of benzene rings is 2. The molecule has 6 nitrogen and oxygen atoms in total. The number of carbonyl (C=O) groups is 1. The Bertz CT molecular complexity index is 1110. The van der Waals surface area contributed by atoms with Crippen LogP contribution in [-0.2, 0) is 4.79 Å². The number of aliphatic imine (C=N–C) groups is 1. The molecule has 2 aromatic carbocycles. The minimum atomic E-state index is -0.0566. The molecule has 0 unspecified atom stereocenters. The number of amides is 1. The van der Waals surface area contributed by atoms with E-state index in [1.165, 1.54) is 18.2 Å². The fourth-order valence-corrected chi connectivity index (χ4v) is 5.35. The van der Waals surface area contributed by atoms with Gasteiger partial charge in [0.15, 0.2) is 23.3 Å². The molecule has 2 fully saturated rings. The van der Waals surface area contributed by atoms with E-state index >= 15 is 0 Å². The zero-order valence-corrected chi connectivity index (χ0v) is 19.7. The number of nitrogens with zero attached hydrogens (tertiary/aromatic N) is 3. The van der Waals surface area contributed by atoms with Gasteiger partial charge in [0.1, 0.15) is 6.07 Å². The molecule has 170 valence electrons. The highest BCUT2D eigenvalue weighted by Gasteiger charge is 2.41. The summed E-state index contributed by atoms with van der Waals surface area (Å²) in [6.07, 6.45) is 6.33. The van der Waals surface area contributed by atoms with Gasteiger partial charge in [0.05, 0.1) is 17.7 Å². The van der Waals surface area contributed by atoms with Gasteiger partial charge in [-0.25, -0.2) is 4.99 Å². The number of methoxy groups -OCH3 is 1. The first kappa shape index (κ1) is 22.9. The summed E-state index contributed by atoms with van der Waals surface area (Å²) >= 11 is 1.42. The van der Waals surface area contributed by atoms with E-state index in [9.17, 15) is 4.79 Å². The highest BCUT2D eigenvalue weighted by atomic mass is 32.2. The summed E-state index contributed by atoms with van der Waals surface area (Å²) in [5, 5.41) is 9.50. The molecular weight excluding hydrogens is 434 g/mol. The first-order chi connectivity index (χ1) is 16.1. The Labute approximate surface area is 198 Å². The van der Waals surface area contributed by atoms with Gasteiger partial charge in [0.2, 0.25) is 0 Å². The zero-order valence-electron chi connectivity index (χ0n) is 18.9. The fraction of sp³-hybridized carbons (Fsp3) is 0.346. The van der Waals surface area contributed by atoms with Crippen molar-refractivity contribution in [1.29, 1.82) is 5.26 Å². The summed E-state index contributed by atoms with van der Waals surface area (Å²) < 4.78 is 10.8. The molecule has 1 aliphatic carbocycles. The topological polar surface area (TPSA) is 74.9 Å². The maximum absolute atomic E-state index is 13.6. The van der Waals surface area contributed by atoms with Gasteiger partial charge in [-0.3, -0.25) is 9.69 Å². The third-order valence-electron chi connectivity index (χ3n) is 5.99. The van der Waals surface area contributed by atoms with Crippen LogP contribution in [-0.4, -0.2) is 35.7 Å². The summed E-state index contributed by atoms with van der Waals surface area (Å²) in [4.78, 5) is 21.0. The normalized spacial score (nSPS) is 23.1. The predicted molar refractivity (Wildman–Crippen MR) is 131 cm³/mol. The molecule has 4 rings (SSSR count). The minimum Gasteiger partial charge on any atom is -0.493 e. The molecule has 0 aromatic heterocycles. The van der Waals surface area contributed by atoms with Crippen molar-refractivity contribution in [3.8, 4) is 17.6 Å². The highest BCUT2D eigenvalue weighted by molar-refractivity contribution is 8.18. The fourth-order valence-electron chi connectivity index (χ4n) is 4.30. The van der Waals surface area contributed by atoms with Crippen LogP contribution in [0.4, 0.5) is 5.69 Å². The van der Waals surface area contributed by atoms with Crippen molar-refractivity contribution in [3.63, 3.8) is 0 Å². The third-order valence-corrected chi connectivity index (χ3v) is 6.98. The van der Waals surface area contributed by atoms with Crippen LogP contribution >= 0.6 is 11.8 Å². The van der Waals surface area contributed by atoms with E-state index in [-0.39, 0.29) is 18.6 Å². The first-order valence-corrected chi connectivity index (χ1v) is 12.0. The van der Waals surface area contributed by atoms with E-state index in [4.69, 9.17) is 19.7 Å². The van der Waals surface area contributed by atoms with Crippen molar-refractivity contribution in [2.24, 2.45) is 10.9 Å². The van der Waals surface area contributed by atoms with E-state index in [1.54, 1.807) is 13.2 Å². The number of thioether (sulfide) groups is 1. The van der Waals surface area contributed by atoms with E-state index < -0.39 is 0 Å². The molecule has 1 amide bonds. The van der Waals surface area contributed by atoms with Crippen LogP contribution in [0, 0.1) is 17.2 Å². The van der Waals surface area contributed by atoms with Crippen molar-refractivity contribution in [2.45, 2.75) is 38.6 Å². The average molecular weight is 462 g/mol. The molecule has 33 heavy (non-hydrogen) atoms. The van der Waals surface area contributed by atoms with Crippen molar-refractivity contribution in [1.82, 2.24) is 4.90 Å². The molecule has 2 aromatic rings. The lowest BCUT2D eigenvalue weighted by Gasteiger charge is -2.35.